The number of methoxy groups -OCH3 is 1. The minimum absolute atomic E-state index is 0.0423. The third kappa shape index (κ3) is 4.05. The van der Waals surface area contributed by atoms with E-state index >= 15 is 0 Å². The van der Waals surface area contributed by atoms with Crippen LogP contribution in [0, 0.1) is 0 Å². The van der Waals surface area contributed by atoms with Gasteiger partial charge in [0.2, 0.25) is 5.91 Å². The van der Waals surface area contributed by atoms with Crippen LogP contribution in [0.3, 0.4) is 0 Å². The van der Waals surface area contributed by atoms with E-state index in [-0.39, 0.29) is 12.5 Å². The van der Waals surface area contributed by atoms with Gasteiger partial charge < -0.3 is 19.8 Å². The van der Waals surface area contributed by atoms with E-state index in [0.29, 0.717) is 23.9 Å². The first-order valence-corrected chi connectivity index (χ1v) is 8.54. The lowest BCUT2D eigenvalue weighted by Crippen LogP contribution is -2.26. The Morgan fingerprint density at radius 3 is 3.04 bits per heavy atom. The smallest absolute Gasteiger partial charge is 0.246 e. The number of rotatable bonds is 7. The molecule has 0 fully saturated rings. The Labute approximate surface area is 147 Å². The molecule has 0 aliphatic rings. The standard InChI is InChI=1S/C16H16ClN3O3S/c1-22-7-16(21)18-5-11-2-10-3-13(17)15(4-14(10)20-11)23-6-12-8-24-9-19-12/h2-4,8-9,20H,5-7H2,1H3,(H,18,21). The van der Waals surface area contributed by atoms with Crippen LogP contribution >= 0.6 is 22.9 Å². The summed E-state index contributed by atoms with van der Waals surface area (Å²) >= 11 is 7.80. The zero-order valence-corrected chi connectivity index (χ0v) is 14.5. The highest BCUT2D eigenvalue weighted by Gasteiger charge is 2.09. The Morgan fingerprint density at radius 1 is 1.42 bits per heavy atom. The highest BCUT2D eigenvalue weighted by molar-refractivity contribution is 7.07. The van der Waals surface area contributed by atoms with Gasteiger partial charge in [0.15, 0.2) is 0 Å². The van der Waals surface area contributed by atoms with Gasteiger partial charge in [-0.25, -0.2) is 4.98 Å². The normalized spacial score (nSPS) is 10.9. The maximum atomic E-state index is 11.4. The quantitative estimate of drug-likeness (QED) is 0.674. The summed E-state index contributed by atoms with van der Waals surface area (Å²) < 4.78 is 10.5. The number of aromatic amines is 1. The van der Waals surface area contributed by atoms with E-state index in [1.807, 2.05) is 23.6 Å². The molecule has 126 valence electrons. The van der Waals surface area contributed by atoms with Gasteiger partial charge in [-0.3, -0.25) is 4.79 Å². The summed E-state index contributed by atoms with van der Waals surface area (Å²) in [7, 11) is 1.48. The third-order valence-electron chi connectivity index (χ3n) is 3.34. The summed E-state index contributed by atoms with van der Waals surface area (Å²) in [5.41, 5.74) is 4.40. The van der Waals surface area contributed by atoms with Gasteiger partial charge in [-0.05, 0) is 12.1 Å². The van der Waals surface area contributed by atoms with Gasteiger partial charge in [-0.2, -0.15) is 0 Å². The molecule has 8 heteroatoms. The molecule has 0 spiro atoms. The second-order valence-corrected chi connectivity index (χ2v) is 6.27. The maximum absolute atomic E-state index is 11.4. The highest BCUT2D eigenvalue weighted by atomic mass is 35.5. The third-order valence-corrected chi connectivity index (χ3v) is 4.27. The summed E-state index contributed by atoms with van der Waals surface area (Å²) in [5.74, 6) is 0.426. The largest absolute Gasteiger partial charge is 0.486 e. The molecule has 6 nitrogen and oxygen atoms in total. The number of H-pyrrole nitrogens is 1. The van der Waals surface area contributed by atoms with Gasteiger partial charge in [0.05, 0.1) is 22.8 Å². The van der Waals surface area contributed by atoms with E-state index in [9.17, 15) is 4.79 Å². The lowest BCUT2D eigenvalue weighted by atomic mass is 10.2. The monoisotopic (exact) mass is 365 g/mol. The van der Waals surface area contributed by atoms with Crippen molar-refractivity contribution in [2.75, 3.05) is 13.7 Å². The summed E-state index contributed by atoms with van der Waals surface area (Å²) in [6.07, 6.45) is 0. The molecule has 3 rings (SSSR count). The van der Waals surface area contributed by atoms with Crippen LogP contribution in [0.2, 0.25) is 5.02 Å². The summed E-state index contributed by atoms with van der Waals surface area (Å²) in [6.45, 7) is 0.805. The van der Waals surface area contributed by atoms with E-state index < -0.39 is 0 Å². The van der Waals surface area contributed by atoms with Gasteiger partial charge in [0.25, 0.3) is 0 Å². The van der Waals surface area contributed by atoms with Gasteiger partial charge in [-0.15, -0.1) is 11.3 Å². The van der Waals surface area contributed by atoms with Crippen molar-refractivity contribution in [2.24, 2.45) is 0 Å². The second kappa shape index (κ2) is 7.65. The van der Waals surface area contributed by atoms with Crippen molar-refractivity contribution in [1.29, 1.82) is 0 Å². The van der Waals surface area contributed by atoms with Crippen molar-refractivity contribution in [3.63, 3.8) is 0 Å². The van der Waals surface area contributed by atoms with Crippen molar-refractivity contribution in [1.82, 2.24) is 15.3 Å². The minimum Gasteiger partial charge on any atom is -0.486 e. The molecule has 0 aliphatic carbocycles. The number of halogens is 1. The molecule has 0 saturated carbocycles. The number of hydrogen-bond donors (Lipinski definition) is 2. The predicted octanol–water partition coefficient (Wildman–Crippen LogP) is 3.12. The Bertz CT molecular complexity index is 833. The fourth-order valence-corrected chi connectivity index (χ4v) is 3.01. The molecular weight excluding hydrogens is 350 g/mol. The van der Waals surface area contributed by atoms with Crippen molar-refractivity contribution in [3.05, 3.63) is 45.5 Å². The molecule has 1 amide bonds. The van der Waals surface area contributed by atoms with Gasteiger partial charge in [0.1, 0.15) is 19.0 Å². The minimum atomic E-state index is -0.165. The maximum Gasteiger partial charge on any atom is 0.246 e. The van der Waals surface area contributed by atoms with Crippen LogP contribution in [0.5, 0.6) is 5.75 Å². The molecule has 0 saturated heterocycles. The first-order valence-electron chi connectivity index (χ1n) is 7.22. The van der Waals surface area contributed by atoms with E-state index in [0.717, 1.165) is 22.3 Å². The van der Waals surface area contributed by atoms with Crippen molar-refractivity contribution >= 4 is 39.7 Å². The number of amides is 1. The van der Waals surface area contributed by atoms with E-state index in [4.69, 9.17) is 21.1 Å². The summed E-state index contributed by atoms with van der Waals surface area (Å²) in [4.78, 5) is 18.9. The van der Waals surface area contributed by atoms with Gasteiger partial charge in [0, 0.05) is 35.2 Å². The number of nitrogens with one attached hydrogen (secondary N) is 2. The van der Waals surface area contributed by atoms with E-state index in [1.54, 1.807) is 5.51 Å². The van der Waals surface area contributed by atoms with Crippen LogP contribution in [0.1, 0.15) is 11.4 Å². The topological polar surface area (TPSA) is 76.2 Å². The van der Waals surface area contributed by atoms with Gasteiger partial charge >= 0.3 is 0 Å². The first-order chi connectivity index (χ1) is 11.7. The van der Waals surface area contributed by atoms with Crippen LogP contribution in [0.25, 0.3) is 10.9 Å². The Morgan fingerprint density at radius 2 is 2.29 bits per heavy atom. The molecule has 0 bridgehead atoms. The van der Waals surface area contributed by atoms with Crippen molar-refractivity contribution in [2.45, 2.75) is 13.2 Å². The van der Waals surface area contributed by atoms with Crippen molar-refractivity contribution in [3.8, 4) is 5.75 Å². The number of carbonyl (C=O) groups excluding carboxylic acids is 1. The number of hydrogen-bond acceptors (Lipinski definition) is 5. The fourth-order valence-electron chi connectivity index (χ4n) is 2.24. The molecule has 3 aromatic rings. The lowest BCUT2D eigenvalue weighted by Gasteiger charge is -2.06. The Balaban J connectivity index is 1.71. The van der Waals surface area contributed by atoms with Crippen molar-refractivity contribution < 1.29 is 14.3 Å². The molecule has 1 aromatic carbocycles. The highest BCUT2D eigenvalue weighted by Crippen LogP contribution is 2.31. The average Bonchev–Trinajstić information content (AvgIpc) is 3.20. The SMILES string of the molecule is COCC(=O)NCc1cc2cc(Cl)c(OCc3cscn3)cc2[nH]1. The zero-order valence-electron chi connectivity index (χ0n) is 13.0. The summed E-state index contributed by atoms with van der Waals surface area (Å²) in [6, 6.07) is 5.63. The molecule has 2 heterocycles. The molecule has 0 radical (unpaired) electrons. The molecule has 0 unspecified atom stereocenters. The molecule has 2 aromatic heterocycles. The second-order valence-electron chi connectivity index (χ2n) is 5.14. The Hall–Kier alpha value is -2.09. The predicted molar refractivity (Wildman–Crippen MR) is 93.5 cm³/mol. The fraction of sp³-hybridized carbons (Fsp3) is 0.250. The van der Waals surface area contributed by atoms with Crippen LogP contribution in [-0.4, -0.2) is 29.6 Å². The molecule has 24 heavy (non-hydrogen) atoms. The molecular formula is C16H16ClN3O3S. The lowest BCUT2D eigenvalue weighted by molar-refractivity contribution is -0.124. The van der Waals surface area contributed by atoms with Crippen LogP contribution in [0.15, 0.2) is 29.1 Å². The molecule has 0 aliphatic heterocycles. The average molecular weight is 366 g/mol. The number of aromatic nitrogens is 2. The van der Waals surface area contributed by atoms with Crippen LogP contribution in [0.4, 0.5) is 0 Å². The van der Waals surface area contributed by atoms with Crippen LogP contribution < -0.4 is 10.1 Å². The molecule has 2 N–H and O–H groups in total. The number of carbonyl (C=O) groups is 1. The van der Waals surface area contributed by atoms with Gasteiger partial charge in [-0.1, -0.05) is 11.6 Å². The van der Waals surface area contributed by atoms with E-state index in [1.165, 1.54) is 18.4 Å². The number of benzene rings is 1. The number of ether oxygens (including phenoxy) is 2. The number of thiazole rings is 1. The first kappa shape index (κ1) is 16.8. The zero-order chi connectivity index (χ0) is 16.9. The number of fused-ring (bicyclic) bond motifs is 1. The van der Waals surface area contributed by atoms with Crippen LogP contribution in [-0.2, 0) is 22.7 Å². The summed E-state index contributed by atoms with van der Waals surface area (Å²) in [5, 5.41) is 6.19. The van der Waals surface area contributed by atoms with E-state index in [2.05, 4.69) is 15.3 Å². The molecule has 0 atom stereocenters. The number of nitrogens with zero attached hydrogens (tertiary/aromatic N) is 1. The Kier molecular flexibility index (Phi) is 5.34.